The van der Waals surface area contributed by atoms with E-state index in [1.165, 1.54) is 186 Å². The van der Waals surface area contributed by atoms with Crippen molar-refractivity contribution >= 4 is 17.9 Å². The van der Waals surface area contributed by atoms with Crippen LogP contribution < -0.4 is 0 Å². The van der Waals surface area contributed by atoms with Crippen molar-refractivity contribution in [1.82, 2.24) is 0 Å². The Kier molecular flexibility index (Phi) is 66.7. The fraction of sp³-hybridized carbons (Fsp3) is 0.750. The lowest BCUT2D eigenvalue weighted by molar-refractivity contribution is -0.167. The second kappa shape index (κ2) is 69.8. The van der Waals surface area contributed by atoms with E-state index in [1.807, 2.05) is 0 Å². The van der Waals surface area contributed by atoms with E-state index in [4.69, 9.17) is 14.2 Å². The molecular formula is C76H132O6. The molecule has 0 aromatic heterocycles. The first-order valence-corrected chi connectivity index (χ1v) is 35.2. The Labute approximate surface area is 508 Å². The average Bonchev–Trinajstić information content (AvgIpc) is 3.47. The van der Waals surface area contributed by atoms with E-state index in [0.29, 0.717) is 19.3 Å². The van der Waals surface area contributed by atoms with Gasteiger partial charge in [0.25, 0.3) is 0 Å². The third kappa shape index (κ3) is 67.1. The van der Waals surface area contributed by atoms with Gasteiger partial charge in [0.05, 0.1) is 0 Å². The SMILES string of the molecule is CC/C=C\C/C=C\C/C=C\C/C=C\C/C=C\CCCCCCCCCCCCCCCCCCCCCC(=O)OCC(COC(=O)CCCCCCC/C=C\CCCCCC)OC(=O)CCCCCCC/C=C\C/C=C\CCCCCC. The molecule has 0 amide bonds. The smallest absolute Gasteiger partial charge is 0.306 e. The standard InChI is InChI=1S/C76H132O6/c1-4-7-10-13-16-19-22-25-27-29-30-31-32-33-34-35-36-37-38-39-40-41-42-43-44-45-46-47-49-51-54-57-60-63-66-69-75(78)81-72-73(71-80-74(77)68-65-62-59-56-53-50-24-21-18-15-12-9-6-3)82-76(79)70-67-64-61-58-55-52-48-28-26-23-20-17-14-11-8-5-2/h7,10,16,19-21,23-25,27-28,30-31,33-34,48,73H,4-6,8-9,11-15,17-18,22,26,29,32,35-47,49-72H2,1-3H3/b10-7-,19-16-,23-20-,24-21-,27-25-,31-30-,34-33-,48-28-. The molecular weight excluding hydrogens is 1010 g/mol. The highest BCUT2D eigenvalue weighted by atomic mass is 16.6. The molecule has 0 heterocycles. The second-order valence-corrected chi connectivity index (χ2v) is 23.4. The van der Waals surface area contributed by atoms with Crippen molar-refractivity contribution in [2.24, 2.45) is 0 Å². The highest BCUT2D eigenvalue weighted by Crippen LogP contribution is 2.17. The number of ether oxygens (including phenoxy) is 3. The first-order chi connectivity index (χ1) is 40.5. The van der Waals surface area contributed by atoms with Crippen LogP contribution in [-0.2, 0) is 28.6 Å². The Morgan fingerprint density at radius 2 is 0.476 bits per heavy atom. The molecule has 1 unspecified atom stereocenters. The van der Waals surface area contributed by atoms with Gasteiger partial charge in [-0.2, -0.15) is 0 Å². The second-order valence-electron chi connectivity index (χ2n) is 23.4. The Hall–Kier alpha value is -3.67. The van der Waals surface area contributed by atoms with Gasteiger partial charge in [0.15, 0.2) is 6.10 Å². The number of rotatable bonds is 64. The summed E-state index contributed by atoms with van der Waals surface area (Å²) in [5, 5.41) is 0. The van der Waals surface area contributed by atoms with Crippen molar-refractivity contribution in [2.45, 2.75) is 354 Å². The largest absolute Gasteiger partial charge is 0.462 e. The minimum Gasteiger partial charge on any atom is -0.462 e. The first kappa shape index (κ1) is 78.3. The number of unbranched alkanes of at least 4 members (excludes halogenated alkanes) is 37. The summed E-state index contributed by atoms with van der Waals surface area (Å²) in [6, 6.07) is 0. The zero-order valence-corrected chi connectivity index (χ0v) is 54.2. The van der Waals surface area contributed by atoms with Gasteiger partial charge in [0.1, 0.15) is 13.2 Å². The van der Waals surface area contributed by atoms with Gasteiger partial charge in [-0.1, -0.05) is 304 Å². The van der Waals surface area contributed by atoms with Crippen LogP contribution in [0.5, 0.6) is 0 Å². The molecule has 6 nitrogen and oxygen atoms in total. The summed E-state index contributed by atoms with van der Waals surface area (Å²) in [7, 11) is 0. The highest BCUT2D eigenvalue weighted by molar-refractivity contribution is 5.71. The molecule has 472 valence electrons. The number of hydrogen-bond acceptors (Lipinski definition) is 6. The minimum absolute atomic E-state index is 0.0817. The van der Waals surface area contributed by atoms with Crippen LogP contribution in [0.2, 0.25) is 0 Å². The zero-order chi connectivity index (χ0) is 59.2. The highest BCUT2D eigenvalue weighted by Gasteiger charge is 2.19. The number of carbonyl (C=O) groups excluding carboxylic acids is 3. The Balaban J connectivity index is 4.13. The van der Waals surface area contributed by atoms with Crippen LogP contribution >= 0.6 is 0 Å². The number of carbonyl (C=O) groups is 3. The lowest BCUT2D eigenvalue weighted by atomic mass is 10.0. The Morgan fingerprint density at radius 3 is 0.756 bits per heavy atom. The van der Waals surface area contributed by atoms with Crippen molar-refractivity contribution in [1.29, 1.82) is 0 Å². The van der Waals surface area contributed by atoms with E-state index < -0.39 is 6.10 Å². The predicted octanol–water partition coefficient (Wildman–Crippen LogP) is 24.4. The molecule has 0 rings (SSSR count). The van der Waals surface area contributed by atoms with Crippen LogP contribution in [0.25, 0.3) is 0 Å². The van der Waals surface area contributed by atoms with Gasteiger partial charge in [-0.25, -0.2) is 0 Å². The van der Waals surface area contributed by atoms with Crippen LogP contribution in [0.4, 0.5) is 0 Å². The molecule has 0 radical (unpaired) electrons. The summed E-state index contributed by atoms with van der Waals surface area (Å²) < 4.78 is 16.9. The summed E-state index contributed by atoms with van der Waals surface area (Å²) in [6.45, 7) is 6.51. The third-order valence-electron chi connectivity index (χ3n) is 15.3. The van der Waals surface area contributed by atoms with Gasteiger partial charge < -0.3 is 14.2 Å². The summed E-state index contributed by atoms with van der Waals surface area (Å²) >= 11 is 0. The molecule has 0 saturated carbocycles. The maximum atomic E-state index is 12.9. The monoisotopic (exact) mass is 1140 g/mol. The lowest BCUT2D eigenvalue weighted by Gasteiger charge is -2.18. The van der Waals surface area contributed by atoms with Crippen LogP contribution in [-0.4, -0.2) is 37.2 Å². The van der Waals surface area contributed by atoms with Crippen LogP contribution in [0.15, 0.2) is 97.2 Å². The number of hydrogen-bond donors (Lipinski definition) is 0. The summed E-state index contributed by atoms with van der Waals surface area (Å²) in [6.07, 6.45) is 94.4. The molecule has 0 aliphatic carbocycles. The van der Waals surface area contributed by atoms with Gasteiger partial charge in [-0.15, -0.1) is 0 Å². The predicted molar refractivity (Wildman–Crippen MR) is 357 cm³/mol. The molecule has 82 heavy (non-hydrogen) atoms. The molecule has 1 atom stereocenters. The molecule has 0 aromatic carbocycles. The van der Waals surface area contributed by atoms with Gasteiger partial charge in [0.2, 0.25) is 0 Å². The maximum Gasteiger partial charge on any atom is 0.306 e. The molecule has 0 aliphatic rings. The lowest BCUT2D eigenvalue weighted by Crippen LogP contribution is -2.30. The van der Waals surface area contributed by atoms with E-state index in [0.717, 1.165) is 122 Å². The van der Waals surface area contributed by atoms with E-state index >= 15 is 0 Å². The number of esters is 3. The maximum absolute atomic E-state index is 12.9. The average molecular weight is 1140 g/mol. The van der Waals surface area contributed by atoms with E-state index in [-0.39, 0.29) is 31.1 Å². The molecule has 6 heteroatoms. The van der Waals surface area contributed by atoms with Crippen LogP contribution in [0.1, 0.15) is 348 Å². The molecule has 0 N–H and O–H groups in total. The van der Waals surface area contributed by atoms with E-state index in [1.54, 1.807) is 0 Å². The summed E-state index contributed by atoms with van der Waals surface area (Å²) in [4.78, 5) is 38.3. The van der Waals surface area contributed by atoms with Gasteiger partial charge in [0, 0.05) is 19.3 Å². The molecule has 0 saturated heterocycles. The van der Waals surface area contributed by atoms with Crippen molar-refractivity contribution in [3.8, 4) is 0 Å². The quantitative estimate of drug-likeness (QED) is 0.0261. The Morgan fingerprint density at radius 1 is 0.256 bits per heavy atom. The van der Waals surface area contributed by atoms with Gasteiger partial charge in [-0.3, -0.25) is 14.4 Å². The van der Waals surface area contributed by atoms with Crippen molar-refractivity contribution in [3.05, 3.63) is 97.2 Å². The van der Waals surface area contributed by atoms with Crippen molar-refractivity contribution in [3.63, 3.8) is 0 Å². The minimum atomic E-state index is -0.787. The molecule has 0 aliphatic heterocycles. The van der Waals surface area contributed by atoms with Crippen LogP contribution in [0.3, 0.4) is 0 Å². The normalized spacial score (nSPS) is 12.7. The fourth-order valence-electron chi connectivity index (χ4n) is 10.0. The summed E-state index contributed by atoms with van der Waals surface area (Å²) in [5.41, 5.74) is 0. The molecule has 0 fully saturated rings. The van der Waals surface area contributed by atoms with Crippen LogP contribution in [0, 0.1) is 0 Å². The topological polar surface area (TPSA) is 78.9 Å². The molecule has 0 bridgehead atoms. The van der Waals surface area contributed by atoms with Gasteiger partial charge in [-0.05, 0) is 122 Å². The fourth-order valence-corrected chi connectivity index (χ4v) is 10.0. The van der Waals surface area contributed by atoms with E-state index in [9.17, 15) is 14.4 Å². The number of allylic oxidation sites excluding steroid dienone is 16. The molecule has 0 aromatic rings. The zero-order valence-electron chi connectivity index (χ0n) is 54.2. The molecule has 0 spiro atoms. The van der Waals surface area contributed by atoms with Gasteiger partial charge >= 0.3 is 17.9 Å². The van der Waals surface area contributed by atoms with Crippen molar-refractivity contribution in [2.75, 3.05) is 13.2 Å². The van der Waals surface area contributed by atoms with Crippen molar-refractivity contribution < 1.29 is 28.6 Å². The summed E-state index contributed by atoms with van der Waals surface area (Å²) in [5.74, 6) is -0.889. The Bertz CT molecular complexity index is 1590. The van der Waals surface area contributed by atoms with E-state index in [2.05, 4.69) is 118 Å². The third-order valence-corrected chi connectivity index (χ3v) is 15.3. The first-order valence-electron chi connectivity index (χ1n) is 35.2.